The number of alkyl halides is 3. The van der Waals surface area contributed by atoms with E-state index in [1.807, 2.05) is 0 Å². The van der Waals surface area contributed by atoms with Crippen LogP contribution < -0.4 is 5.32 Å². The summed E-state index contributed by atoms with van der Waals surface area (Å²) < 4.78 is 43.1. The Morgan fingerprint density at radius 1 is 1.32 bits per heavy atom. The molecule has 7 heteroatoms. The molecule has 1 aromatic rings. The summed E-state index contributed by atoms with van der Waals surface area (Å²) in [5.41, 5.74) is -1.16. The Balaban J connectivity index is 2.75. The predicted molar refractivity (Wildman–Crippen MR) is 75.5 cm³/mol. The van der Waals surface area contributed by atoms with Gasteiger partial charge in [-0.15, -0.1) is 0 Å². The van der Waals surface area contributed by atoms with Crippen LogP contribution in [0.3, 0.4) is 0 Å². The number of carbonyl (C=O) groups excluding carboxylic acids is 1. The normalized spacial score (nSPS) is 13.6. The Bertz CT molecular complexity index is 509. The van der Waals surface area contributed by atoms with Crippen molar-refractivity contribution in [3.63, 3.8) is 0 Å². The molecule has 124 valence electrons. The Morgan fingerprint density at radius 3 is 2.45 bits per heavy atom. The quantitative estimate of drug-likeness (QED) is 0.895. The fraction of sp³-hybridized carbons (Fsp3) is 0.533. The van der Waals surface area contributed by atoms with Crippen LogP contribution in [-0.2, 0) is 10.9 Å². The van der Waals surface area contributed by atoms with E-state index in [1.54, 1.807) is 20.8 Å². The maximum absolute atomic E-state index is 12.7. The van der Waals surface area contributed by atoms with E-state index >= 15 is 0 Å². The van der Waals surface area contributed by atoms with Crippen molar-refractivity contribution in [2.75, 3.05) is 13.2 Å². The molecule has 1 unspecified atom stereocenters. The van der Waals surface area contributed by atoms with Crippen LogP contribution in [0.5, 0.6) is 0 Å². The summed E-state index contributed by atoms with van der Waals surface area (Å²) >= 11 is 0. The molecule has 1 rings (SSSR count). The van der Waals surface area contributed by atoms with E-state index < -0.39 is 36.0 Å². The number of aliphatic hydroxyl groups excluding tert-OH is 1. The van der Waals surface area contributed by atoms with E-state index in [0.717, 1.165) is 12.1 Å². The lowest BCUT2D eigenvalue weighted by Gasteiger charge is -2.21. The van der Waals surface area contributed by atoms with Gasteiger partial charge in [-0.25, -0.2) is 4.79 Å². The third-order valence-electron chi connectivity index (χ3n) is 2.80. The van der Waals surface area contributed by atoms with Crippen LogP contribution in [0.4, 0.5) is 18.0 Å². The van der Waals surface area contributed by atoms with Crippen molar-refractivity contribution in [3.05, 3.63) is 35.4 Å². The van der Waals surface area contributed by atoms with Gasteiger partial charge in [-0.1, -0.05) is 18.2 Å². The van der Waals surface area contributed by atoms with E-state index in [9.17, 15) is 23.1 Å². The van der Waals surface area contributed by atoms with Crippen molar-refractivity contribution in [2.24, 2.45) is 0 Å². The maximum Gasteiger partial charge on any atom is 0.416 e. The second-order valence-corrected chi connectivity index (χ2v) is 5.89. The topological polar surface area (TPSA) is 58.6 Å². The van der Waals surface area contributed by atoms with Gasteiger partial charge in [-0.2, -0.15) is 13.2 Å². The van der Waals surface area contributed by atoms with E-state index in [-0.39, 0.29) is 6.54 Å². The summed E-state index contributed by atoms with van der Waals surface area (Å²) in [4.78, 5) is 11.5. The molecule has 22 heavy (non-hydrogen) atoms. The summed E-state index contributed by atoms with van der Waals surface area (Å²) in [5, 5.41) is 11.8. The Morgan fingerprint density at radius 2 is 1.95 bits per heavy atom. The Labute approximate surface area is 127 Å². The van der Waals surface area contributed by atoms with Gasteiger partial charge in [0.05, 0.1) is 12.2 Å². The van der Waals surface area contributed by atoms with Gasteiger partial charge in [0, 0.05) is 12.5 Å². The molecule has 4 nitrogen and oxygen atoms in total. The first-order valence-corrected chi connectivity index (χ1v) is 6.78. The monoisotopic (exact) mass is 319 g/mol. The van der Waals surface area contributed by atoms with E-state index in [4.69, 9.17) is 4.74 Å². The summed E-state index contributed by atoms with van der Waals surface area (Å²) in [6.45, 7) is 4.68. The average molecular weight is 319 g/mol. The third kappa shape index (κ3) is 5.93. The molecule has 1 atom stereocenters. The summed E-state index contributed by atoms with van der Waals surface area (Å²) in [6, 6.07) is 4.68. The molecule has 0 radical (unpaired) electrons. The van der Waals surface area contributed by atoms with Crippen LogP contribution >= 0.6 is 0 Å². The van der Waals surface area contributed by atoms with Gasteiger partial charge in [-0.3, -0.25) is 0 Å². The smallest absolute Gasteiger partial charge is 0.416 e. The minimum absolute atomic E-state index is 0.0211. The molecule has 0 saturated carbocycles. The van der Waals surface area contributed by atoms with Gasteiger partial charge in [0.25, 0.3) is 0 Å². The van der Waals surface area contributed by atoms with Gasteiger partial charge in [-0.05, 0) is 32.4 Å². The molecule has 2 N–H and O–H groups in total. The molecule has 0 fully saturated rings. The van der Waals surface area contributed by atoms with Gasteiger partial charge in [0.2, 0.25) is 0 Å². The number of hydrogen-bond donors (Lipinski definition) is 2. The van der Waals surface area contributed by atoms with Gasteiger partial charge in [0.15, 0.2) is 0 Å². The minimum atomic E-state index is -4.45. The number of hydrogen-bond acceptors (Lipinski definition) is 3. The number of halogens is 3. The predicted octanol–water partition coefficient (Wildman–Crippen LogP) is 3.31. The van der Waals surface area contributed by atoms with Crippen LogP contribution in [0.15, 0.2) is 24.3 Å². The Kier molecular flexibility index (Phi) is 5.82. The second-order valence-electron chi connectivity index (χ2n) is 5.89. The first-order valence-electron chi connectivity index (χ1n) is 6.78. The number of ether oxygens (including phenoxy) is 1. The number of nitrogens with one attached hydrogen (secondary N) is 1. The van der Waals surface area contributed by atoms with Gasteiger partial charge < -0.3 is 15.2 Å². The van der Waals surface area contributed by atoms with Crippen molar-refractivity contribution in [2.45, 2.75) is 38.5 Å². The molecular formula is C15H20F3NO3. The largest absolute Gasteiger partial charge is 0.444 e. The first kappa shape index (κ1) is 18.3. The van der Waals surface area contributed by atoms with Gasteiger partial charge >= 0.3 is 12.3 Å². The number of amides is 1. The number of alkyl carbamates (subject to hydrolysis) is 1. The van der Waals surface area contributed by atoms with Crippen molar-refractivity contribution in [1.82, 2.24) is 5.32 Å². The molecule has 0 aliphatic heterocycles. The van der Waals surface area contributed by atoms with Crippen LogP contribution in [0.2, 0.25) is 0 Å². The highest BCUT2D eigenvalue weighted by Gasteiger charge is 2.31. The molecule has 0 aromatic heterocycles. The van der Waals surface area contributed by atoms with Gasteiger partial charge in [0.1, 0.15) is 5.60 Å². The van der Waals surface area contributed by atoms with Crippen molar-refractivity contribution in [1.29, 1.82) is 0 Å². The fourth-order valence-corrected chi connectivity index (χ4v) is 1.78. The zero-order valence-corrected chi connectivity index (χ0v) is 12.7. The SMILES string of the molecule is CC(C)(C)OC(=O)NCC(CO)c1cccc(C(F)(F)F)c1. The van der Waals surface area contributed by atoms with Crippen LogP contribution in [-0.4, -0.2) is 30.0 Å². The molecule has 0 heterocycles. The van der Waals surface area contributed by atoms with E-state index in [1.165, 1.54) is 12.1 Å². The van der Waals surface area contributed by atoms with Crippen molar-refractivity contribution >= 4 is 6.09 Å². The highest BCUT2D eigenvalue weighted by Crippen LogP contribution is 2.31. The molecule has 1 amide bonds. The second kappa shape index (κ2) is 7.00. The van der Waals surface area contributed by atoms with Crippen LogP contribution in [0, 0.1) is 0 Å². The first-order chi connectivity index (χ1) is 10.0. The average Bonchev–Trinajstić information content (AvgIpc) is 2.36. The lowest BCUT2D eigenvalue weighted by Crippen LogP contribution is -2.35. The summed E-state index contributed by atoms with van der Waals surface area (Å²) in [6.07, 6.45) is -5.13. The zero-order valence-electron chi connectivity index (χ0n) is 12.7. The summed E-state index contributed by atoms with van der Waals surface area (Å²) in [5.74, 6) is -0.644. The van der Waals surface area contributed by atoms with Crippen LogP contribution in [0.25, 0.3) is 0 Å². The standard InChI is InChI=1S/C15H20F3NO3/c1-14(2,3)22-13(21)19-8-11(9-20)10-5-4-6-12(7-10)15(16,17)18/h4-7,11,20H,8-9H2,1-3H3,(H,19,21). The molecular weight excluding hydrogens is 299 g/mol. The van der Waals surface area contributed by atoms with E-state index in [0.29, 0.717) is 5.56 Å². The molecule has 0 aliphatic rings. The zero-order chi connectivity index (χ0) is 17.0. The maximum atomic E-state index is 12.7. The highest BCUT2D eigenvalue weighted by molar-refractivity contribution is 5.67. The van der Waals surface area contributed by atoms with E-state index in [2.05, 4.69) is 5.32 Å². The van der Waals surface area contributed by atoms with Crippen molar-refractivity contribution < 1.29 is 27.8 Å². The lowest BCUT2D eigenvalue weighted by atomic mass is 9.98. The molecule has 0 bridgehead atoms. The fourth-order valence-electron chi connectivity index (χ4n) is 1.78. The minimum Gasteiger partial charge on any atom is -0.444 e. The molecule has 0 spiro atoms. The van der Waals surface area contributed by atoms with Crippen LogP contribution in [0.1, 0.15) is 37.8 Å². The number of carbonyl (C=O) groups is 1. The summed E-state index contributed by atoms with van der Waals surface area (Å²) in [7, 11) is 0. The molecule has 1 aromatic carbocycles. The highest BCUT2D eigenvalue weighted by atomic mass is 19.4. The molecule has 0 aliphatic carbocycles. The van der Waals surface area contributed by atoms with Crippen molar-refractivity contribution in [3.8, 4) is 0 Å². The Hall–Kier alpha value is -1.76. The lowest BCUT2D eigenvalue weighted by molar-refractivity contribution is -0.137. The number of aliphatic hydroxyl groups is 1. The molecule has 0 saturated heterocycles. The number of benzene rings is 1. The third-order valence-corrected chi connectivity index (χ3v) is 2.80. The number of rotatable bonds is 4.